The van der Waals surface area contributed by atoms with Crippen molar-refractivity contribution in [2.45, 2.75) is 64.0 Å². The van der Waals surface area contributed by atoms with E-state index in [9.17, 15) is 9.59 Å². The molecule has 1 atom stereocenters. The second-order valence-corrected chi connectivity index (χ2v) is 8.87. The molecule has 2 aliphatic carbocycles. The van der Waals surface area contributed by atoms with Gasteiger partial charge in [-0.2, -0.15) is 0 Å². The predicted octanol–water partition coefficient (Wildman–Crippen LogP) is 2.59. The number of nitrogens with zero attached hydrogens (tertiary/aromatic N) is 3. The fourth-order valence-electron chi connectivity index (χ4n) is 5.39. The predicted molar refractivity (Wildman–Crippen MR) is 112 cm³/mol. The molecule has 6 nitrogen and oxygen atoms in total. The lowest BCUT2D eigenvalue weighted by molar-refractivity contribution is -0.138. The van der Waals surface area contributed by atoms with Gasteiger partial charge in [-0.1, -0.05) is 31.7 Å². The van der Waals surface area contributed by atoms with Crippen LogP contribution in [0.1, 0.15) is 57.1 Å². The van der Waals surface area contributed by atoms with E-state index in [1.54, 1.807) is 6.20 Å². The molecule has 0 aromatic carbocycles. The van der Waals surface area contributed by atoms with E-state index in [-0.39, 0.29) is 17.9 Å². The van der Waals surface area contributed by atoms with Crippen LogP contribution in [0.5, 0.6) is 0 Å². The van der Waals surface area contributed by atoms with Crippen LogP contribution in [0.4, 0.5) is 0 Å². The molecule has 1 aromatic rings. The average molecular weight is 399 g/mol. The highest BCUT2D eigenvalue weighted by Gasteiger charge is 2.38. The van der Waals surface area contributed by atoms with Crippen LogP contribution >= 0.6 is 0 Å². The van der Waals surface area contributed by atoms with Crippen molar-refractivity contribution in [1.82, 2.24) is 20.1 Å². The number of rotatable bonds is 6. The highest BCUT2D eigenvalue weighted by Crippen LogP contribution is 2.32. The maximum Gasteiger partial charge on any atom is 0.237 e. The van der Waals surface area contributed by atoms with Crippen molar-refractivity contribution >= 4 is 11.8 Å². The van der Waals surface area contributed by atoms with Gasteiger partial charge in [-0.05, 0) is 43.7 Å². The molecule has 1 aliphatic heterocycles. The number of pyridine rings is 1. The molecule has 0 unspecified atom stereocenters. The van der Waals surface area contributed by atoms with Crippen LogP contribution in [0.3, 0.4) is 0 Å². The lowest BCUT2D eigenvalue weighted by Gasteiger charge is -2.41. The Kier molecular flexibility index (Phi) is 6.80. The number of carbonyl (C=O) groups is 2. The van der Waals surface area contributed by atoms with Gasteiger partial charge in [0.1, 0.15) is 0 Å². The number of hydrogen-bond acceptors (Lipinski definition) is 4. The van der Waals surface area contributed by atoms with Gasteiger partial charge in [-0.25, -0.2) is 0 Å². The Hall–Kier alpha value is -1.95. The van der Waals surface area contributed by atoms with Crippen molar-refractivity contribution in [1.29, 1.82) is 0 Å². The SMILES string of the molecule is O=C(NCc1ccccn1)[C@@H](C1CCCC1)N1CCN(C(=O)C2CCCC2)CC1. The number of piperazine rings is 1. The molecule has 2 saturated carbocycles. The molecule has 0 bridgehead atoms. The van der Waals surface area contributed by atoms with Crippen molar-refractivity contribution in [3.63, 3.8) is 0 Å². The molecule has 6 heteroatoms. The van der Waals surface area contributed by atoms with Gasteiger partial charge in [0.05, 0.1) is 18.3 Å². The van der Waals surface area contributed by atoms with Crippen LogP contribution in [0.2, 0.25) is 0 Å². The fraction of sp³-hybridized carbons (Fsp3) is 0.696. The number of amides is 2. The van der Waals surface area contributed by atoms with Crippen LogP contribution in [0.25, 0.3) is 0 Å². The molecule has 29 heavy (non-hydrogen) atoms. The Morgan fingerprint density at radius 3 is 2.34 bits per heavy atom. The van der Waals surface area contributed by atoms with Crippen molar-refractivity contribution in [3.8, 4) is 0 Å². The molecule has 3 fully saturated rings. The van der Waals surface area contributed by atoms with E-state index in [4.69, 9.17) is 0 Å². The van der Waals surface area contributed by atoms with E-state index in [2.05, 4.69) is 15.2 Å². The first-order valence-electron chi connectivity index (χ1n) is 11.4. The highest BCUT2D eigenvalue weighted by atomic mass is 16.2. The summed E-state index contributed by atoms with van der Waals surface area (Å²) in [5.41, 5.74) is 0.887. The van der Waals surface area contributed by atoms with E-state index in [1.165, 1.54) is 25.7 Å². The molecule has 158 valence electrons. The molecule has 1 saturated heterocycles. The minimum Gasteiger partial charge on any atom is -0.349 e. The van der Waals surface area contributed by atoms with Crippen molar-refractivity contribution in [2.24, 2.45) is 11.8 Å². The molecule has 1 aromatic heterocycles. The monoisotopic (exact) mass is 398 g/mol. The van der Waals surface area contributed by atoms with Crippen LogP contribution in [-0.2, 0) is 16.1 Å². The zero-order valence-corrected chi connectivity index (χ0v) is 17.4. The normalized spacial score (nSPS) is 22.7. The van der Waals surface area contributed by atoms with Crippen molar-refractivity contribution in [3.05, 3.63) is 30.1 Å². The summed E-state index contributed by atoms with van der Waals surface area (Å²) in [4.78, 5) is 34.6. The summed E-state index contributed by atoms with van der Waals surface area (Å²) in [6.07, 6.45) is 10.9. The van der Waals surface area contributed by atoms with Gasteiger partial charge in [-0.3, -0.25) is 19.5 Å². The van der Waals surface area contributed by atoms with Gasteiger partial charge in [0.2, 0.25) is 11.8 Å². The molecule has 2 amide bonds. The van der Waals surface area contributed by atoms with E-state index in [0.29, 0.717) is 18.4 Å². The third-order valence-corrected chi connectivity index (χ3v) is 7.01. The Labute approximate surface area is 174 Å². The van der Waals surface area contributed by atoms with E-state index in [0.717, 1.165) is 57.6 Å². The van der Waals surface area contributed by atoms with Crippen LogP contribution in [0.15, 0.2) is 24.4 Å². The van der Waals surface area contributed by atoms with Crippen LogP contribution in [0, 0.1) is 11.8 Å². The third-order valence-electron chi connectivity index (χ3n) is 7.01. The Bertz CT molecular complexity index is 675. The molecule has 0 spiro atoms. The number of nitrogens with one attached hydrogen (secondary N) is 1. The summed E-state index contributed by atoms with van der Waals surface area (Å²) in [5, 5.41) is 3.13. The van der Waals surface area contributed by atoms with Crippen LogP contribution < -0.4 is 5.32 Å². The van der Waals surface area contributed by atoms with Gasteiger partial charge < -0.3 is 10.2 Å². The summed E-state index contributed by atoms with van der Waals surface area (Å²) < 4.78 is 0. The van der Waals surface area contributed by atoms with Crippen molar-refractivity contribution < 1.29 is 9.59 Å². The smallest absolute Gasteiger partial charge is 0.237 e. The lowest BCUT2D eigenvalue weighted by atomic mass is 9.94. The quantitative estimate of drug-likeness (QED) is 0.800. The minimum absolute atomic E-state index is 0.0788. The second-order valence-electron chi connectivity index (χ2n) is 8.87. The van der Waals surface area contributed by atoms with Gasteiger partial charge in [0.25, 0.3) is 0 Å². The molecule has 4 rings (SSSR count). The Morgan fingerprint density at radius 2 is 1.69 bits per heavy atom. The van der Waals surface area contributed by atoms with Gasteiger partial charge >= 0.3 is 0 Å². The van der Waals surface area contributed by atoms with E-state index >= 15 is 0 Å². The minimum atomic E-state index is -0.0788. The first kappa shape index (κ1) is 20.3. The molecular formula is C23H34N4O2. The summed E-state index contributed by atoms with van der Waals surface area (Å²) in [6.45, 7) is 3.59. The zero-order chi connectivity index (χ0) is 20.1. The standard InChI is InChI=1S/C23H34N4O2/c28-22(25-17-20-11-5-6-12-24-20)21(18-7-1-2-8-18)26-13-15-27(16-14-26)23(29)19-9-3-4-10-19/h5-6,11-12,18-19,21H,1-4,7-10,13-17H2,(H,25,28)/t21-/m1/s1. The number of hydrogen-bond donors (Lipinski definition) is 1. The third kappa shape index (κ3) is 4.97. The van der Waals surface area contributed by atoms with Gasteiger partial charge in [0, 0.05) is 38.3 Å². The topological polar surface area (TPSA) is 65.5 Å². The number of carbonyl (C=O) groups excluding carboxylic acids is 2. The largest absolute Gasteiger partial charge is 0.349 e. The van der Waals surface area contributed by atoms with E-state index in [1.807, 2.05) is 23.1 Å². The summed E-state index contributed by atoms with van der Waals surface area (Å²) >= 11 is 0. The first-order valence-corrected chi connectivity index (χ1v) is 11.4. The fourth-order valence-corrected chi connectivity index (χ4v) is 5.39. The Balaban J connectivity index is 1.35. The molecule has 2 heterocycles. The summed E-state index contributed by atoms with van der Waals surface area (Å²) in [5.74, 6) is 1.14. The van der Waals surface area contributed by atoms with E-state index < -0.39 is 0 Å². The molecular weight excluding hydrogens is 364 g/mol. The zero-order valence-electron chi connectivity index (χ0n) is 17.4. The van der Waals surface area contributed by atoms with Gasteiger partial charge in [-0.15, -0.1) is 0 Å². The molecule has 1 N–H and O–H groups in total. The maximum atomic E-state index is 13.2. The second kappa shape index (κ2) is 9.70. The molecule has 3 aliphatic rings. The maximum absolute atomic E-state index is 13.2. The Morgan fingerprint density at radius 1 is 1.00 bits per heavy atom. The average Bonchev–Trinajstić information content (AvgIpc) is 3.48. The van der Waals surface area contributed by atoms with Gasteiger partial charge in [0.15, 0.2) is 0 Å². The van der Waals surface area contributed by atoms with Crippen LogP contribution in [-0.4, -0.2) is 58.8 Å². The number of aromatic nitrogens is 1. The summed E-state index contributed by atoms with van der Waals surface area (Å²) in [6, 6.07) is 5.70. The highest BCUT2D eigenvalue weighted by molar-refractivity contribution is 5.82. The summed E-state index contributed by atoms with van der Waals surface area (Å²) in [7, 11) is 0. The first-order chi connectivity index (χ1) is 14.2. The van der Waals surface area contributed by atoms with Crippen molar-refractivity contribution in [2.75, 3.05) is 26.2 Å². The lowest BCUT2D eigenvalue weighted by Crippen LogP contribution is -2.58. The molecule has 0 radical (unpaired) electrons.